The minimum absolute atomic E-state index is 0.0503. The number of rotatable bonds is 4. The Morgan fingerprint density at radius 2 is 1.77 bits per heavy atom. The van der Waals surface area contributed by atoms with E-state index in [0.717, 1.165) is 69.9 Å². The third-order valence-corrected chi connectivity index (χ3v) is 8.52. The summed E-state index contributed by atoms with van der Waals surface area (Å²) in [5, 5.41) is 4.00. The van der Waals surface area contributed by atoms with Crippen LogP contribution in [0.1, 0.15) is 65.0 Å². The third-order valence-electron chi connectivity index (χ3n) is 8.52. The van der Waals surface area contributed by atoms with Crippen LogP contribution < -0.4 is 9.47 Å². The monoisotopic (exact) mass is 531 g/mol. The molecular weight excluding hydrogens is 490 g/mol. The Morgan fingerprint density at radius 1 is 1.00 bits per heavy atom. The van der Waals surface area contributed by atoms with Gasteiger partial charge >= 0.3 is 0 Å². The summed E-state index contributed by atoms with van der Waals surface area (Å²) < 4.78 is 17.0. The molecule has 0 saturated carbocycles. The molecule has 0 aliphatic carbocycles. The number of carbonyl (C=O) groups excluding carboxylic acids is 1. The lowest BCUT2D eigenvalue weighted by atomic mass is 9.73. The number of nitrogens with zero attached hydrogens (tertiary/aromatic N) is 3. The van der Waals surface area contributed by atoms with Crippen molar-refractivity contribution in [3.8, 4) is 11.5 Å². The number of likely N-dealkylation sites (tertiary alicyclic amines) is 1. The first-order valence-electron chi connectivity index (χ1n) is 14.2. The highest BCUT2D eigenvalue weighted by Gasteiger charge is 2.38. The van der Waals surface area contributed by atoms with Gasteiger partial charge in [0.2, 0.25) is 0 Å². The SMILES string of the molecule is COc1ccc(CN2CCOc3ccccc3CCCCC3(CCN(C(=O)c4c(C)noc4C)CC3)C2)cc1. The number of para-hydroxylation sites is 1. The van der Waals surface area contributed by atoms with Gasteiger partial charge in [-0.3, -0.25) is 9.69 Å². The maximum absolute atomic E-state index is 13.3. The van der Waals surface area contributed by atoms with Crippen molar-refractivity contribution in [2.45, 2.75) is 58.9 Å². The molecule has 0 N–H and O–H groups in total. The van der Waals surface area contributed by atoms with Gasteiger partial charge in [0.1, 0.15) is 29.4 Å². The van der Waals surface area contributed by atoms with Crippen LogP contribution in [0, 0.1) is 19.3 Å². The average molecular weight is 532 g/mol. The van der Waals surface area contributed by atoms with E-state index in [9.17, 15) is 4.79 Å². The van der Waals surface area contributed by atoms with Crippen molar-refractivity contribution in [3.05, 3.63) is 76.7 Å². The summed E-state index contributed by atoms with van der Waals surface area (Å²) in [4.78, 5) is 17.9. The first kappa shape index (κ1) is 27.3. The van der Waals surface area contributed by atoms with Crippen LogP contribution in [0.4, 0.5) is 0 Å². The van der Waals surface area contributed by atoms with E-state index in [1.165, 1.54) is 24.0 Å². The van der Waals surface area contributed by atoms with Gasteiger partial charge < -0.3 is 18.9 Å². The molecule has 5 rings (SSSR count). The zero-order valence-electron chi connectivity index (χ0n) is 23.6. The Labute approximate surface area is 232 Å². The highest BCUT2D eigenvalue weighted by molar-refractivity contribution is 5.96. The molecule has 3 heterocycles. The lowest BCUT2D eigenvalue weighted by Gasteiger charge is -2.45. The number of aryl methyl sites for hydroxylation is 3. The van der Waals surface area contributed by atoms with Gasteiger partial charge in [0.05, 0.1) is 12.8 Å². The van der Waals surface area contributed by atoms with E-state index in [-0.39, 0.29) is 11.3 Å². The summed E-state index contributed by atoms with van der Waals surface area (Å²) >= 11 is 0. The van der Waals surface area contributed by atoms with Crippen molar-refractivity contribution in [3.63, 3.8) is 0 Å². The standard InChI is InChI=1S/C32H41N3O4/c1-24-30(25(2)39-33-24)31(36)35-18-16-32(17-19-35)15-7-6-9-27-8-4-5-10-29(27)38-21-20-34(23-32)22-26-11-13-28(37-3)14-12-26/h4-5,8,10-14H,6-7,9,15-23H2,1-3H3. The molecule has 1 amide bonds. The first-order chi connectivity index (χ1) is 19.0. The molecule has 0 atom stereocenters. The predicted molar refractivity (Wildman–Crippen MR) is 151 cm³/mol. The maximum Gasteiger partial charge on any atom is 0.259 e. The third kappa shape index (κ3) is 6.47. The van der Waals surface area contributed by atoms with E-state index < -0.39 is 0 Å². The molecule has 2 aromatic carbocycles. The molecule has 0 bridgehead atoms. The van der Waals surface area contributed by atoms with Gasteiger partial charge in [-0.1, -0.05) is 41.9 Å². The second-order valence-electron chi connectivity index (χ2n) is 11.2. The zero-order valence-corrected chi connectivity index (χ0v) is 23.6. The molecule has 7 heteroatoms. The second kappa shape index (κ2) is 12.2. The normalized spacial score (nSPS) is 18.5. The fourth-order valence-electron chi connectivity index (χ4n) is 6.25. The van der Waals surface area contributed by atoms with Gasteiger partial charge in [0.25, 0.3) is 5.91 Å². The van der Waals surface area contributed by atoms with E-state index in [1.54, 1.807) is 7.11 Å². The number of benzene rings is 2. The minimum atomic E-state index is 0.0503. The zero-order chi connectivity index (χ0) is 27.2. The van der Waals surface area contributed by atoms with Crippen molar-refractivity contribution in [1.82, 2.24) is 15.0 Å². The molecule has 1 aromatic heterocycles. The van der Waals surface area contributed by atoms with Crippen molar-refractivity contribution in [2.75, 3.05) is 39.9 Å². The topological polar surface area (TPSA) is 68.0 Å². The Bertz CT molecular complexity index is 1230. The van der Waals surface area contributed by atoms with Gasteiger partial charge in [-0.25, -0.2) is 0 Å². The van der Waals surface area contributed by atoms with E-state index in [0.29, 0.717) is 23.6 Å². The number of ether oxygens (including phenoxy) is 2. The molecule has 208 valence electrons. The fourth-order valence-corrected chi connectivity index (χ4v) is 6.25. The molecule has 0 unspecified atom stereocenters. The van der Waals surface area contributed by atoms with Crippen molar-refractivity contribution in [1.29, 1.82) is 0 Å². The Kier molecular flexibility index (Phi) is 8.56. The van der Waals surface area contributed by atoms with Gasteiger partial charge in [-0.05, 0) is 80.7 Å². The van der Waals surface area contributed by atoms with E-state index >= 15 is 0 Å². The molecule has 1 saturated heterocycles. The molecule has 39 heavy (non-hydrogen) atoms. The summed E-state index contributed by atoms with van der Waals surface area (Å²) in [6.07, 6.45) is 6.52. The summed E-state index contributed by atoms with van der Waals surface area (Å²) in [6, 6.07) is 16.8. The number of methoxy groups -OCH3 is 1. The molecule has 1 spiro atoms. The maximum atomic E-state index is 13.3. The number of aromatic nitrogens is 1. The molecular formula is C32H41N3O4. The summed E-state index contributed by atoms with van der Waals surface area (Å²) in [5.41, 5.74) is 4.04. The Hall–Kier alpha value is -3.32. The van der Waals surface area contributed by atoms with Crippen molar-refractivity contribution in [2.24, 2.45) is 5.41 Å². The predicted octanol–water partition coefficient (Wildman–Crippen LogP) is 5.83. The van der Waals surface area contributed by atoms with Crippen LogP contribution in [0.5, 0.6) is 11.5 Å². The first-order valence-corrected chi connectivity index (χ1v) is 14.2. The lowest BCUT2D eigenvalue weighted by Crippen LogP contribution is -2.48. The molecule has 2 aliphatic rings. The number of carbonyl (C=O) groups is 1. The van der Waals surface area contributed by atoms with Crippen LogP contribution >= 0.6 is 0 Å². The molecule has 1 fully saturated rings. The lowest BCUT2D eigenvalue weighted by molar-refractivity contribution is 0.0360. The molecule has 2 aliphatic heterocycles. The van der Waals surface area contributed by atoms with E-state index in [4.69, 9.17) is 14.0 Å². The number of amides is 1. The van der Waals surface area contributed by atoms with Gasteiger partial charge in [0, 0.05) is 32.7 Å². The highest BCUT2D eigenvalue weighted by atomic mass is 16.5. The van der Waals surface area contributed by atoms with Crippen LogP contribution in [-0.4, -0.2) is 60.8 Å². The van der Waals surface area contributed by atoms with E-state index in [2.05, 4.69) is 46.5 Å². The largest absolute Gasteiger partial charge is 0.497 e. The number of piperidine rings is 1. The highest BCUT2D eigenvalue weighted by Crippen LogP contribution is 2.39. The van der Waals surface area contributed by atoms with Crippen LogP contribution in [0.25, 0.3) is 0 Å². The second-order valence-corrected chi connectivity index (χ2v) is 11.2. The average Bonchev–Trinajstić information content (AvgIpc) is 3.29. The molecule has 0 radical (unpaired) electrons. The Balaban J connectivity index is 1.34. The summed E-state index contributed by atoms with van der Waals surface area (Å²) in [5.74, 6) is 2.55. The quantitative estimate of drug-likeness (QED) is 0.422. The van der Waals surface area contributed by atoms with Crippen LogP contribution in [0.15, 0.2) is 53.1 Å². The van der Waals surface area contributed by atoms with Crippen molar-refractivity contribution >= 4 is 5.91 Å². The molecule has 3 aromatic rings. The van der Waals surface area contributed by atoms with Crippen LogP contribution in [-0.2, 0) is 13.0 Å². The van der Waals surface area contributed by atoms with Gasteiger partial charge in [0.15, 0.2) is 0 Å². The van der Waals surface area contributed by atoms with E-state index in [1.807, 2.05) is 30.9 Å². The van der Waals surface area contributed by atoms with Crippen molar-refractivity contribution < 1.29 is 18.8 Å². The van der Waals surface area contributed by atoms with Crippen LogP contribution in [0.3, 0.4) is 0 Å². The molecule has 7 nitrogen and oxygen atoms in total. The van der Waals surface area contributed by atoms with Crippen LogP contribution in [0.2, 0.25) is 0 Å². The minimum Gasteiger partial charge on any atom is -0.497 e. The number of hydrogen-bond acceptors (Lipinski definition) is 6. The smallest absolute Gasteiger partial charge is 0.259 e. The van der Waals surface area contributed by atoms with Gasteiger partial charge in [-0.2, -0.15) is 0 Å². The summed E-state index contributed by atoms with van der Waals surface area (Å²) in [6.45, 7) is 8.55. The number of hydrogen-bond donors (Lipinski definition) is 0. The summed E-state index contributed by atoms with van der Waals surface area (Å²) in [7, 11) is 1.70. The van der Waals surface area contributed by atoms with Gasteiger partial charge in [-0.15, -0.1) is 0 Å². The Morgan fingerprint density at radius 3 is 2.49 bits per heavy atom. The fraction of sp³-hybridized carbons (Fsp3) is 0.500. The number of fused-ring (bicyclic) bond motifs is 1.